The molecule has 2 heterocycles. The summed E-state index contributed by atoms with van der Waals surface area (Å²) >= 11 is 6.07. The number of rotatable bonds is 1. The summed E-state index contributed by atoms with van der Waals surface area (Å²) in [6.07, 6.45) is -1.59. The molecule has 0 saturated carbocycles. The van der Waals surface area contributed by atoms with Gasteiger partial charge in [-0.05, 0) is 18.2 Å². The van der Waals surface area contributed by atoms with Gasteiger partial charge in [0.25, 0.3) is 0 Å². The van der Waals surface area contributed by atoms with E-state index in [1.165, 1.54) is 6.92 Å². The molecule has 0 aliphatic heterocycles. The Labute approximate surface area is 150 Å². The van der Waals surface area contributed by atoms with Crippen molar-refractivity contribution in [3.8, 4) is 0 Å². The Morgan fingerprint density at radius 3 is 2.31 bits per heavy atom. The predicted molar refractivity (Wildman–Crippen MR) is 90.8 cm³/mol. The summed E-state index contributed by atoms with van der Waals surface area (Å²) in [6.45, 7) is 1.53. The lowest BCUT2D eigenvalue weighted by Crippen LogP contribution is -2.34. The number of alkyl halides is 3. The van der Waals surface area contributed by atoms with Crippen LogP contribution in [0.2, 0.25) is 5.02 Å². The number of hydrogen-bond donors (Lipinski definition) is 1. The van der Waals surface area contributed by atoms with E-state index in [0.29, 0.717) is 5.02 Å². The molecule has 0 bridgehead atoms. The summed E-state index contributed by atoms with van der Waals surface area (Å²) in [5.74, 6) is -2.81. The molecule has 3 rings (SSSR count). The smallest absolute Gasteiger partial charge is 0.475 e. The van der Waals surface area contributed by atoms with Crippen molar-refractivity contribution in [1.82, 2.24) is 9.66 Å². The first kappa shape index (κ1) is 19.5. The maximum absolute atomic E-state index is 11.7. The first-order valence-electron chi connectivity index (χ1n) is 7.12. The van der Waals surface area contributed by atoms with Crippen molar-refractivity contribution in [3.05, 3.63) is 41.7 Å². The van der Waals surface area contributed by atoms with Crippen molar-refractivity contribution in [3.63, 3.8) is 0 Å². The maximum atomic E-state index is 11.7. The zero-order chi connectivity index (χ0) is 19.6. The fourth-order valence-corrected chi connectivity index (χ4v) is 2.45. The van der Waals surface area contributed by atoms with Crippen LogP contribution < -0.4 is 5.01 Å². The highest BCUT2D eigenvalue weighted by Crippen LogP contribution is 2.30. The quantitative estimate of drug-likeness (QED) is 0.692. The van der Waals surface area contributed by atoms with Crippen LogP contribution in [-0.2, 0) is 9.59 Å². The number of pyridine rings is 1. The summed E-state index contributed by atoms with van der Waals surface area (Å²) in [7, 11) is 1.73. The molecule has 1 amide bonds. The second kappa shape index (κ2) is 7.20. The average molecular weight is 388 g/mol. The molecule has 0 aliphatic carbocycles. The summed E-state index contributed by atoms with van der Waals surface area (Å²) in [5, 5.41) is 11.4. The third-order valence-corrected chi connectivity index (χ3v) is 3.74. The molecule has 0 atom stereocenters. The van der Waals surface area contributed by atoms with Gasteiger partial charge in [-0.3, -0.25) is 14.8 Å². The molecule has 0 radical (unpaired) electrons. The molecule has 0 spiro atoms. The molecule has 26 heavy (non-hydrogen) atoms. The van der Waals surface area contributed by atoms with E-state index in [1.54, 1.807) is 24.5 Å². The SMILES string of the molecule is CC(=O)N(C)n1c2cnccc2c2ccc(Cl)cc21.O=C(O)C(F)(F)F. The van der Waals surface area contributed by atoms with Crippen LogP contribution in [0, 0.1) is 0 Å². The van der Waals surface area contributed by atoms with Crippen molar-refractivity contribution in [1.29, 1.82) is 0 Å². The highest BCUT2D eigenvalue weighted by atomic mass is 35.5. The Bertz CT molecular complexity index is 985. The van der Waals surface area contributed by atoms with Gasteiger partial charge in [0.2, 0.25) is 5.91 Å². The predicted octanol–water partition coefficient (Wildman–Crippen LogP) is 3.59. The summed E-state index contributed by atoms with van der Waals surface area (Å²) < 4.78 is 33.6. The Morgan fingerprint density at radius 1 is 1.19 bits per heavy atom. The van der Waals surface area contributed by atoms with Gasteiger partial charge in [0, 0.05) is 36.0 Å². The first-order valence-corrected chi connectivity index (χ1v) is 7.50. The second-order valence-electron chi connectivity index (χ2n) is 5.21. The van der Waals surface area contributed by atoms with Gasteiger partial charge in [-0.15, -0.1) is 0 Å². The normalized spacial score (nSPS) is 11.2. The molecule has 6 nitrogen and oxygen atoms in total. The lowest BCUT2D eigenvalue weighted by molar-refractivity contribution is -0.192. The van der Waals surface area contributed by atoms with Gasteiger partial charge in [-0.25, -0.2) is 9.47 Å². The van der Waals surface area contributed by atoms with Crippen LogP contribution in [0.3, 0.4) is 0 Å². The minimum atomic E-state index is -5.08. The number of nitrogens with zero attached hydrogens (tertiary/aromatic N) is 3. The summed E-state index contributed by atoms with van der Waals surface area (Å²) in [6, 6.07) is 7.61. The molecule has 0 unspecified atom stereocenters. The van der Waals surface area contributed by atoms with Crippen LogP contribution >= 0.6 is 11.6 Å². The molecule has 1 N–H and O–H groups in total. The minimum absolute atomic E-state index is 0.0531. The van der Waals surface area contributed by atoms with E-state index in [0.717, 1.165) is 21.8 Å². The Hall–Kier alpha value is -2.81. The highest BCUT2D eigenvalue weighted by molar-refractivity contribution is 6.31. The Balaban J connectivity index is 0.000000298. The lowest BCUT2D eigenvalue weighted by Gasteiger charge is -2.19. The van der Waals surface area contributed by atoms with Crippen molar-refractivity contribution in [2.24, 2.45) is 0 Å². The number of halogens is 4. The summed E-state index contributed by atoms with van der Waals surface area (Å²) in [5.41, 5.74) is 1.78. The molecule has 0 aliphatic rings. The van der Waals surface area contributed by atoms with Gasteiger partial charge in [-0.2, -0.15) is 13.2 Å². The van der Waals surface area contributed by atoms with Crippen molar-refractivity contribution in [2.45, 2.75) is 13.1 Å². The molecule has 0 saturated heterocycles. The number of aromatic nitrogens is 2. The van der Waals surface area contributed by atoms with E-state index in [4.69, 9.17) is 21.5 Å². The number of fused-ring (bicyclic) bond motifs is 3. The Morgan fingerprint density at radius 2 is 1.77 bits per heavy atom. The third-order valence-electron chi connectivity index (χ3n) is 3.50. The molecular formula is C16H13ClF3N3O3. The van der Waals surface area contributed by atoms with E-state index in [9.17, 15) is 18.0 Å². The maximum Gasteiger partial charge on any atom is 0.490 e. The topological polar surface area (TPSA) is 75.4 Å². The number of carbonyl (C=O) groups is 2. The van der Waals surface area contributed by atoms with E-state index in [-0.39, 0.29) is 5.91 Å². The van der Waals surface area contributed by atoms with Gasteiger partial charge >= 0.3 is 12.1 Å². The number of carbonyl (C=O) groups excluding carboxylic acids is 1. The largest absolute Gasteiger partial charge is 0.490 e. The number of hydrogen-bond acceptors (Lipinski definition) is 3. The van der Waals surface area contributed by atoms with E-state index >= 15 is 0 Å². The van der Waals surface area contributed by atoms with E-state index in [2.05, 4.69) is 4.98 Å². The third kappa shape index (κ3) is 3.88. The van der Waals surface area contributed by atoms with Crippen LogP contribution in [-0.4, -0.2) is 39.9 Å². The number of carboxylic acid groups (broad SMARTS) is 1. The van der Waals surface area contributed by atoms with Crippen molar-refractivity contribution >= 4 is 45.3 Å². The van der Waals surface area contributed by atoms with Gasteiger partial charge in [-0.1, -0.05) is 17.7 Å². The van der Waals surface area contributed by atoms with Gasteiger partial charge in [0.05, 0.1) is 17.2 Å². The van der Waals surface area contributed by atoms with Crippen LogP contribution in [0.25, 0.3) is 21.8 Å². The average Bonchev–Trinajstić information content (AvgIpc) is 2.87. The van der Waals surface area contributed by atoms with Crippen LogP contribution in [0.1, 0.15) is 6.92 Å². The van der Waals surface area contributed by atoms with Gasteiger partial charge in [0.1, 0.15) is 0 Å². The number of carboxylic acids is 1. The standard InChI is InChI=1S/C14H12ClN3O.C2HF3O2/c1-9(19)17(2)18-13-7-10(15)3-4-11(13)12-5-6-16-8-14(12)18;3-2(4,5)1(6)7/h3-8H,1-2H3;(H,6,7). The monoisotopic (exact) mass is 387 g/mol. The fraction of sp³-hybridized carbons (Fsp3) is 0.188. The second-order valence-corrected chi connectivity index (χ2v) is 5.65. The van der Waals surface area contributed by atoms with E-state index in [1.807, 2.05) is 28.9 Å². The zero-order valence-electron chi connectivity index (χ0n) is 13.6. The molecular weight excluding hydrogens is 375 g/mol. The molecule has 3 aromatic rings. The van der Waals surface area contributed by atoms with Crippen LogP contribution in [0.15, 0.2) is 36.7 Å². The van der Waals surface area contributed by atoms with Crippen molar-refractivity contribution < 1.29 is 27.9 Å². The molecule has 2 aromatic heterocycles. The van der Waals surface area contributed by atoms with Gasteiger partial charge in [0.15, 0.2) is 0 Å². The highest BCUT2D eigenvalue weighted by Gasteiger charge is 2.38. The summed E-state index contributed by atoms with van der Waals surface area (Å²) in [4.78, 5) is 24.7. The molecule has 1 aromatic carbocycles. The fourth-order valence-electron chi connectivity index (χ4n) is 2.28. The number of amides is 1. The van der Waals surface area contributed by atoms with Crippen LogP contribution in [0.5, 0.6) is 0 Å². The lowest BCUT2D eigenvalue weighted by atomic mass is 10.2. The van der Waals surface area contributed by atoms with Gasteiger partial charge < -0.3 is 5.11 Å². The molecule has 138 valence electrons. The molecule has 10 heteroatoms. The minimum Gasteiger partial charge on any atom is -0.475 e. The molecule has 0 fully saturated rings. The van der Waals surface area contributed by atoms with Crippen molar-refractivity contribution in [2.75, 3.05) is 12.1 Å². The zero-order valence-corrected chi connectivity index (χ0v) is 14.3. The number of aliphatic carboxylic acids is 1. The van der Waals surface area contributed by atoms with E-state index < -0.39 is 12.1 Å². The first-order chi connectivity index (χ1) is 12.0. The number of benzene rings is 1. The van der Waals surface area contributed by atoms with Crippen LogP contribution in [0.4, 0.5) is 13.2 Å². The Kier molecular flexibility index (Phi) is 5.41.